The van der Waals surface area contributed by atoms with E-state index < -0.39 is 49.6 Å². The van der Waals surface area contributed by atoms with Gasteiger partial charge in [0.15, 0.2) is 5.75 Å². The van der Waals surface area contributed by atoms with Crippen LogP contribution < -0.4 is 20.7 Å². The summed E-state index contributed by atoms with van der Waals surface area (Å²) in [6, 6.07) is 2.05. The van der Waals surface area contributed by atoms with Gasteiger partial charge in [-0.05, 0) is 25.0 Å². The average Bonchev–Trinajstić information content (AvgIpc) is 3.53. The van der Waals surface area contributed by atoms with Crippen LogP contribution in [0.1, 0.15) is 12.8 Å². The number of benzene rings is 1. The van der Waals surface area contributed by atoms with Crippen LogP contribution in [0, 0.1) is 0 Å². The van der Waals surface area contributed by atoms with Crippen LogP contribution >= 0.6 is 0 Å². The molecule has 1 heterocycles. The molecule has 178 valence electrons. The molecule has 13 heteroatoms. The monoisotopic (exact) mass is 466 g/mol. The molecule has 1 aliphatic carbocycles. The second-order valence-corrected chi connectivity index (χ2v) is 7.42. The molecule has 2 amide bonds. The van der Waals surface area contributed by atoms with Crippen molar-refractivity contribution in [2.45, 2.75) is 37.7 Å². The van der Waals surface area contributed by atoms with Gasteiger partial charge in [0.2, 0.25) is 5.91 Å². The van der Waals surface area contributed by atoms with E-state index in [1.165, 1.54) is 17.0 Å². The van der Waals surface area contributed by atoms with Crippen molar-refractivity contribution in [3.8, 4) is 5.75 Å². The quantitative estimate of drug-likeness (QED) is 0.540. The van der Waals surface area contributed by atoms with Gasteiger partial charge in [-0.3, -0.25) is 14.5 Å². The molecule has 2 fully saturated rings. The molecule has 8 nitrogen and oxygen atoms in total. The van der Waals surface area contributed by atoms with E-state index in [2.05, 4.69) is 10.1 Å². The van der Waals surface area contributed by atoms with Gasteiger partial charge in [-0.25, -0.2) is 0 Å². The Balaban J connectivity index is 1.82. The molecule has 1 aromatic rings. The van der Waals surface area contributed by atoms with Crippen molar-refractivity contribution in [2.75, 3.05) is 43.1 Å². The summed E-state index contributed by atoms with van der Waals surface area (Å²) in [5.74, 6) is -1.70. The molecule has 0 radical (unpaired) electrons. The number of carbonyl (C=O) groups excluding carboxylic acids is 2. The summed E-state index contributed by atoms with van der Waals surface area (Å²) >= 11 is 0. The molecule has 3 rings (SSSR count). The second kappa shape index (κ2) is 9.96. The Hall–Kier alpha value is -2.51. The number of anilines is 2. The molecule has 0 unspecified atom stereocenters. The molecular formula is C19H23F5N4O4. The Morgan fingerprint density at radius 2 is 2.06 bits per heavy atom. The number of carbonyl (C=O) groups is 2. The predicted molar refractivity (Wildman–Crippen MR) is 104 cm³/mol. The zero-order chi connectivity index (χ0) is 23.5. The Morgan fingerprint density at radius 1 is 1.34 bits per heavy atom. The lowest BCUT2D eigenvalue weighted by Crippen LogP contribution is -2.52. The third-order valence-electron chi connectivity index (χ3n) is 5.04. The zero-order valence-corrected chi connectivity index (χ0v) is 16.9. The van der Waals surface area contributed by atoms with E-state index in [1.807, 2.05) is 0 Å². The van der Waals surface area contributed by atoms with Gasteiger partial charge in [-0.2, -0.15) is 22.0 Å². The lowest BCUT2D eigenvalue weighted by molar-refractivity contribution is -0.154. The average molecular weight is 466 g/mol. The molecule has 1 saturated carbocycles. The van der Waals surface area contributed by atoms with Crippen LogP contribution in [-0.2, 0) is 14.3 Å². The van der Waals surface area contributed by atoms with E-state index in [9.17, 15) is 31.5 Å². The second-order valence-electron chi connectivity index (χ2n) is 7.42. The summed E-state index contributed by atoms with van der Waals surface area (Å²) in [5.41, 5.74) is 5.66. The number of nitrogens with zero attached hydrogens (tertiary/aromatic N) is 2. The molecular weight excluding hydrogens is 443 g/mol. The van der Waals surface area contributed by atoms with Crippen LogP contribution in [0.5, 0.6) is 5.75 Å². The van der Waals surface area contributed by atoms with E-state index in [4.69, 9.17) is 10.5 Å². The minimum Gasteiger partial charge on any atom is -0.433 e. The van der Waals surface area contributed by atoms with Crippen molar-refractivity contribution in [3.63, 3.8) is 0 Å². The largest absolute Gasteiger partial charge is 0.433 e. The first-order chi connectivity index (χ1) is 15.1. The first kappa shape index (κ1) is 24.1. The van der Waals surface area contributed by atoms with Gasteiger partial charge >= 0.3 is 12.8 Å². The number of hydrogen-bond acceptors (Lipinski definition) is 6. The SMILES string of the molecule is NC[C@@H](C(=O)Nc1ccc(N2CCOCC2=O)cc1OC(F)F)N(CC(F)(F)F)C1CC1. The van der Waals surface area contributed by atoms with Crippen LogP contribution in [0.25, 0.3) is 0 Å². The highest BCUT2D eigenvalue weighted by atomic mass is 19.4. The van der Waals surface area contributed by atoms with Crippen LogP contribution in [0.3, 0.4) is 0 Å². The first-order valence-electron chi connectivity index (χ1n) is 9.89. The fraction of sp³-hybridized carbons (Fsp3) is 0.579. The maximum atomic E-state index is 13.0. The van der Waals surface area contributed by atoms with E-state index >= 15 is 0 Å². The number of rotatable bonds is 9. The van der Waals surface area contributed by atoms with Crippen molar-refractivity contribution < 1.29 is 41.0 Å². The molecule has 0 bridgehead atoms. The van der Waals surface area contributed by atoms with Gasteiger partial charge in [0.05, 0.1) is 18.8 Å². The van der Waals surface area contributed by atoms with Gasteiger partial charge in [0.1, 0.15) is 12.6 Å². The third kappa shape index (κ3) is 6.26. The number of nitrogens with two attached hydrogens (primary N) is 1. The van der Waals surface area contributed by atoms with Crippen LogP contribution in [-0.4, -0.2) is 74.4 Å². The summed E-state index contributed by atoms with van der Waals surface area (Å²) in [6.07, 6.45) is -3.53. The molecule has 3 N–H and O–H groups in total. The van der Waals surface area contributed by atoms with E-state index in [1.54, 1.807) is 0 Å². The third-order valence-corrected chi connectivity index (χ3v) is 5.04. The van der Waals surface area contributed by atoms with Gasteiger partial charge in [-0.15, -0.1) is 0 Å². The summed E-state index contributed by atoms with van der Waals surface area (Å²) < 4.78 is 74.4. The van der Waals surface area contributed by atoms with Crippen molar-refractivity contribution in [1.29, 1.82) is 0 Å². The van der Waals surface area contributed by atoms with Gasteiger partial charge in [-0.1, -0.05) is 0 Å². The lowest BCUT2D eigenvalue weighted by Gasteiger charge is -2.31. The first-order valence-corrected chi connectivity index (χ1v) is 9.89. The number of hydrogen-bond donors (Lipinski definition) is 2. The maximum absolute atomic E-state index is 13.0. The Labute approximate surface area is 180 Å². The zero-order valence-electron chi connectivity index (χ0n) is 16.9. The number of amides is 2. The Kier molecular flexibility index (Phi) is 7.51. The van der Waals surface area contributed by atoms with Crippen LogP contribution in [0.15, 0.2) is 18.2 Å². The van der Waals surface area contributed by atoms with Gasteiger partial charge < -0.3 is 25.4 Å². The van der Waals surface area contributed by atoms with Crippen molar-refractivity contribution in [3.05, 3.63) is 18.2 Å². The highest BCUT2D eigenvalue weighted by Gasteiger charge is 2.43. The van der Waals surface area contributed by atoms with Gasteiger partial charge in [0, 0.05) is 30.9 Å². The Bertz CT molecular complexity index is 834. The highest BCUT2D eigenvalue weighted by Crippen LogP contribution is 2.34. The smallest absolute Gasteiger partial charge is 0.401 e. The number of alkyl halides is 5. The standard InChI is InChI=1S/C19H23F5N4O4/c20-18(21)32-15-7-12(27-5-6-31-9-16(27)29)3-4-13(15)26-17(30)14(8-25)28(11-1-2-11)10-19(22,23)24/h3-4,7,11,14,18H,1-2,5-6,8-10,25H2,(H,26,30)/t14-/m0/s1. The van der Waals surface area contributed by atoms with Gasteiger partial charge in [0.25, 0.3) is 5.91 Å². The fourth-order valence-electron chi connectivity index (χ4n) is 3.48. The predicted octanol–water partition coefficient (Wildman–Crippen LogP) is 1.94. The molecule has 1 aliphatic heterocycles. The molecule has 0 spiro atoms. The Morgan fingerprint density at radius 3 is 2.62 bits per heavy atom. The van der Waals surface area contributed by atoms with E-state index in [-0.39, 0.29) is 37.0 Å². The summed E-state index contributed by atoms with van der Waals surface area (Å²) in [7, 11) is 0. The lowest BCUT2D eigenvalue weighted by atomic mass is 10.2. The van der Waals surface area contributed by atoms with Crippen molar-refractivity contribution in [1.82, 2.24) is 4.90 Å². The normalized spacial score (nSPS) is 18.2. The van der Waals surface area contributed by atoms with E-state index in [0.29, 0.717) is 12.8 Å². The minimum atomic E-state index is -4.54. The van der Waals surface area contributed by atoms with Crippen LogP contribution in [0.4, 0.5) is 33.3 Å². The number of morpholine rings is 1. The van der Waals surface area contributed by atoms with Crippen LogP contribution in [0.2, 0.25) is 0 Å². The molecule has 32 heavy (non-hydrogen) atoms. The highest BCUT2D eigenvalue weighted by molar-refractivity contribution is 5.98. The summed E-state index contributed by atoms with van der Waals surface area (Å²) in [4.78, 5) is 27.1. The molecule has 2 aliphatic rings. The topological polar surface area (TPSA) is 97.1 Å². The number of halogens is 5. The van der Waals surface area contributed by atoms with E-state index in [0.717, 1.165) is 11.0 Å². The minimum absolute atomic E-state index is 0.169. The maximum Gasteiger partial charge on any atom is 0.401 e. The molecule has 1 atom stereocenters. The number of nitrogens with one attached hydrogen (secondary N) is 1. The summed E-state index contributed by atoms with van der Waals surface area (Å²) in [6.45, 7) is -4.67. The summed E-state index contributed by atoms with van der Waals surface area (Å²) in [5, 5.41) is 2.34. The molecule has 0 aromatic heterocycles. The van der Waals surface area contributed by atoms with Crippen molar-refractivity contribution in [2.24, 2.45) is 5.73 Å². The molecule has 1 aromatic carbocycles. The van der Waals surface area contributed by atoms with Crippen molar-refractivity contribution >= 4 is 23.2 Å². The fourth-order valence-corrected chi connectivity index (χ4v) is 3.48. The molecule has 1 saturated heterocycles. The number of ether oxygens (including phenoxy) is 2.